The van der Waals surface area contributed by atoms with Crippen molar-refractivity contribution in [1.82, 2.24) is 9.80 Å². The summed E-state index contributed by atoms with van der Waals surface area (Å²) in [6.07, 6.45) is 0. The molecule has 29 heavy (non-hydrogen) atoms. The van der Waals surface area contributed by atoms with Crippen LogP contribution >= 0.6 is 0 Å². The molecule has 0 bridgehead atoms. The Labute approximate surface area is 167 Å². The number of anilines is 2. The van der Waals surface area contributed by atoms with Gasteiger partial charge in [0.15, 0.2) is 0 Å². The molecule has 2 aromatic rings. The van der Waals surface area contributed by atoms with Crippen LogP contribution < -0.4 is 9.80 Å². The summed E-state index contributed by atoms with van der Waals surface area (Å²) in [7, 11) is 0. The number of piperazine rings is 1. The van der Waals surface area contributed by atoms with Gasteiger partial charge in [0.2, 0.25) is 5.91 Å². The minimum atomic E-state index is -0.487. The highest BCUT2D eigenvalue weighted by Gasteiger charge is 2.38. The first-order valence-electron chi connectivity index (χ1n) is 9.49. The lowest BCUT2D eigenvalue weighted by Gasteiger charge is -2.36. The number of carbonyl (C=O) groups is 3. The first-order chi connectivity index (χ1) is 14.0. The second-order valence-corrected chi connectivity index (χ2v) is 7.00. The fraction of sp³-hybridized carbons (Fsp3) is 0.286. The first kappa shape index (κ1) is 18.9. The lowest BCUT2D eigenvalue weighted by atomic mass is 10.2. The van der Waals surface area contributed by atoms with Gasteiger partial charge in [-0.2, -0.15) is 0 Å². The average molecular weight is 396 g/mol. The van der Waals surface area contributed by atoms with E-state index in [0.29, 0.717) is 37.6 Å². The van der Waals surface area contributed by atoms with E-state index in [1.807, 2.05) is 11.0 Å². The number of para-hydroxylation sites is 2. The maximum atomic E-state index is 14.0. The third-order valence-electron chi connectivity index (χ3n) is 5.24. The van der Waals surface area contributed by atoms with E-state index >= 15 is 0 Å². The summed E-state index contributed by atoms with van der Waals surface area (Å²) in [5.74, 6) is -0.964. The van der Waals surface area contributed by atoms with Gasteiger partial charge in [-0.15, -0.1) is 0 Å². The number of urea groups is 1. The zero-order valence-electron chi connectivity index (χ0n) is 15.8. The van der Waals surface area contributed by atoms with Gasteiger partial charge in [-0.3, -0.25) is 19.4 Å². The van der Waals surface area contributed by atoms with Crippen LogP contribution in [0.4, 0.5) is 20.6 Å². The van der Waals surface area contributed by atoms with Crippen molar-refractivity contribution in [2.24, 2.45) is 0 Å². The summed E-state index contributed by atoms with van der Waals surface area (Å²) < 4.78 is 14.0. The molecule has 2 fully saturated rings. The number of hydrogen-bond acceptors (Lipinski definition) is 4. The van der Waals surface area contributed by atoms with Crippen LogP contribution in [0, 0.1) is 5.82 Å². The predicted octanol–water partition coefficient (Wildman–Crippen LogP) is 1.94. The lowest BCUT2D eigenvalue weighted by molar-refractivity contribution is -0.136. The number of nitrogens with zero attached hydrogens (tertiary/aromatic N) is 4. The minimum Gasteiger partial charge on any atom is -0.366 e. The van der Waals surface area contributed by atoms with E-state index in [2.05, 4.69) is 0 Å². The van der Waals surface area contributed by atoms with Gasteiger partial charge in [0.25, 0.3) is 5.91 Å². The monoisotopic (exact) mass is 396 g/mol. The fourth-order valence-corrected chi connectivity index (χ4v) is 3.65. The van der Waals surface area contributed by atoms with E-state index in [-0.39, 0.29) is 24.8 Å². The normalized spacial score (nSPS) is 17.3. The number of benzene rings is 2. The molecule has 0 atom stereocenters. The molecule has 0 radical (unpaired) electrons. The second kappa shape index (κ2) is 7.90. The van der Waals surface area contributed by atoms with E-state index in [4.69, 9.17) is 0 Å². The molecular weight excluding hydrogens is 375 g/mol. The van der Waals surface area contributed by atoms with E-state index in [1.54, 1.807) is 47.4 Å². The van der Waals surface area contributed by atoms with Crippen LogP contribution in [-0.4, -0.2) is 66.9 Å². The lowest BCUT2D eigenvalue weighted by Crippen LogP contribution is -2.52. The van der Waals surface area contributed by atoms with Gasteiger partial charge >= 0.3 is 6.03 Å². The molecule has 150 valence electrons. The summed E-state index contributed by atoms with van der Waals surface area (Å²) >= 11 is 0. The fourth-order valence-electron chi connectivity index (χ4n) is 3.65. The van der Waals surface area contributed by atoms with Crippen LogP contribution in [0.5, 0.6) is 0 Å². The molecular formula is C21H21FN4O3. The summed E-state index contributed by atoms with van der Waals surface area (Å²) in [5.41, 5.74) is 1.14. The van der Waals surface area contributed by atoms with Gasteiger partial charge in [0.05, 0.1) is 5.69 Å². The van der Waals surface area contributed by atoms with Crippen molar-refractivity contribution in [2.45, 2.75) is 0 Å². The van der Waals surface area contributed by atoms with E-state index in [9.17, 15) is 18.8 Å². The smallest absolute Gasteiger partial charge is 0.332 e. The molecule has 8 heteroatoms. The Morgan fingerprint density at radius 2 is 1.55 bits per heavy atom. The number of hydrogen-bond donors (Lipinski definition) is 0. The molecule has 0 saturated carbocycles. The summed E-state index contributed by atoms with van der Waals surface area (Å²) in [6.45, 7) is 1.45. The number of rotatable bonds is 4. The molecule has 0 aliphatic carbocycles. The van der Waals surface area contributed by atoms with Crippen molar-refractivity contribution < 1.29 is 18.8 Å². The molecule has 0 N–H and O–H groups in total. The number of imide groups is 1. The van der Waals surface area contributed by atoms with Crippen molar-refractivity contribution >= 4 is 29.2 Å². The summed E-state index contributed by atoms with van der Waals surface area (Å²) in [4.78, 5) is 43.5. The van der Waals surface area contributed by atoms with Crippen molar-refractivity contribution in [1.29, 1.82) is 0 Å². The highest BCUT2D eigenvalue weighted by atomic mass is 19.1. The Hall–Kier alpha value is -3.42. The maximum Gasteiger partial charge on any atom is 0.332 e. The van der Waals surface area contributed by atoms with Crippen LogP contribution in [-0.2, 0) is 9.59 Å². The van der Waals surface area contributed by atoms with E-state index in [1.165, 1.54) is 11.0 Å². The van der Waals surface area contributed by atoms with Gasteiger partial charge in [-0.1, -0.05) is 30.3 Å². The SMILES string of the molecule is O=C(CN1C(=O)CN(c2ccccc2)C1=O)N1CCN(c2ccccc2F)CC1. The summed E-state index contributed by atoms with van der Waals surface area (Å²) in [6, 6.07) is 15.0. The molecule has 0 unspecified atom stereocenters. The molecule has 2 aliphatic heterocycles. The van der Waals surface area contributed by atoms with E-state index < -0.39 is 11.9 Å². The predicted molar refractivity (Wildman–Crippen MR) is 106 cm³/mol. The molecule has 0 aromatic heterocycles. The Bertz CT molecular complexity index is 929. The van der Waals surface area contributed by atoms with Gasteiger partial charge < -0.3 is 9.80 Å². The van der Waals surface area contributed by atoms with Crippen LogP contribution in [0.15, 0.2) is 54.6 Å². The van der Waals surface area contributed by atoms with Gasteiger partial charge in [0.1, 0.15) is 18.9 Å². The van der Waals surface area contributed by atoms with Crippen molar-refractivity contribution in [3.05, 3.63) is 60.4 Å². The van der Waals surface area contributed by atoms with Crippen LogP contribution in [0.2, 0.25) is 0 Å². The minimum absolute atomic E-state index is 0.0722. The van der Waals surface area contributed by atoms with Crippen LogP contribution in [0.3, 0.4) is 0 Å². The van der Waals surface area contributed by atoms with Crippen LogP contribution in [0.25, 0.3) is 0 Å². The molecule has 2 aliphatic rings. The third-order valence-corrected chi connectivity index (χ3v) is 5.24. The van der Waals surface area contributed by atoms with Crippen molar-refractivity contribution in [3.8, 4) is 0 Å². The quantitative estimate of drug-likeness (QED) is 0.741. The standard InChI is InChI=1S/C21H21FN4O3/c22-17-8-4-5-9-18(17)23-10-12-24(13-11-23)19(27)14-26-20(28)15-25(21(26)29)16-6-2-1-3-7-16/h1-9H,10-15H2. The topological polar surface area (TPSA) is 64.2 Å². The van der Waals surface area contributed by atoms with Crippen LogP contribution in [0.1, 0.15) is 0 Å². The van der Waals surface area contributed by atoms with Gasteiger partial charge in [0, 0.05) is 31.9 Å². The van der Waals surface area contributed by atoms with Crippen molar-refractivity contribution in [2.75, 3.05) is 49.1 Å². The molecule has 4 amide bonds. The zero-order chi connectivity index (χ0) is 20.4. The van der Waals surface area contributed by atoms with Crippen molar-refractivity contribution in [3.63, 3.8) is 0 Å². The van der Waals surface area contributed by atoms with Gasteiger partial charge in [-0.05, 0) is 24.3 Å². The Balaban J connectivity index is 1.36. The molecule has 7 nitrogen and oxygen atoms in total. The number of amides is 4. The number of halogens is 1. The van der Waals surface area contributed by atoms with Gasteiger partial charge in [-0.25, -0.2) is 9.18 Å². The average Bonchev–Trinajstić information content (AvgIpc) is 3.03. The molecule has 2 aromatic carbocycles. The Kier molecular flexibility index (Phi) is 5.16. The first-order valence-corrected chi connectivity index (χ1v) is 9.49. The molecule has 2 heterocycles. The molecule has 4 rings (SSSR count). The molecule has 0 spiro atoms. The maximum absolute atomic E-state index is 14.0. The Morgan fingerprint density at radius 1 is 0.897 bits per heavy atom. The highest BCUT2D eigenvalue weighted by molar-refractivity contribution is 6.13. The highest BCUT2D eigenvalue weighted by Crippen LogP contribution is 2.22. The Morgan fingerprint density at radius 3 is 2.24 bits per heavy atom. The zero-order valence-corrected chi connectivity index (χ0v) is 15.8. The third kappa shape index (κ3) is 3.78. The molecule has 2 saturated heterocycles. The summed E-state index contributed by atoms with van der Waals surface area (Å²) in [5, 5.41) is 0. The second-order valence-electron chi connectivity index (χ2n) is 7.00. The van der Waals surface area contributed by atoms with E-state index in [0.717, 1.165) is 4.90 Å². The largest absolute Gasteiger partial charge is 0.366 e. The number of carbonyl (C=O) groups excluding carboxylic acids is 3.